The second-order valence-electron chi connectivity index (χ2n) is 5.42. The Morgan fingerprint density at radius 2 is 2.17 bits per heavy atom. The lowest BCUT2D eigenvalue weighted by molar-refractivity contribution is 0.0950. The van der Waals surface area contributed by atoms with E-state index in [1.54, 1.807) is 0 Å². The summed E-state index contributed by atoms with van der Waals surface area (Å²) in [5.74, 6) is -0.517. The van der Waals surface area contributed by atoms with Crippen LogP contribution in [0.4, 0.5) is 4.39 Å². The maximum Gasteiger partial charge on any atom is 0.251 e. The van der Waals surface area contributed by atoms with Crippen molar-refractivity contribution in [3.8, 4) is 0 Å². The van der Waals surface area contributed by atoms with Crippen LogP contribution in [0.2, 0.25) is 0 Å². The molecular formula is C15H21FN2O4S. The van der Waals surface area contributed by atoms with Crippen molar-refractivity contribution < 1.29 is 22.7 Å². The zero-order chi connectivity index (χ0) is 16.9. The van der Waals surface area contributed by atoms with Gasteiger partial charge in [0, 0.05) is 24.7 Å². The average molecular weight is 344 g/mol. The molecule has 2 rings (SSSR count). The van der Waals surface area contributed by atoms with Gasteiger partial charge in [-0.25, -0.2) is 12.8 Å². The van der Waals surface area contributed by atoms with Gasteiger partial charge in [-0.05, 0) is 31.0 Å². The topological polar surface area (TPSA) is 86.7 Å². The third kappa shape index (κ3) is 4.07. The molecule has 1 atom stereocenters. The van der Waals surface area contributed by atoms with E-state index >= 15 is 0 Å². The summed E-state index contributed by atoms with van der Waals surface area (Å²) in [5.41, 5.74) is 0.164. The minimum Gasteiger partial charge on any atom is -0.395 e. The Balaban J connectivity index is 2.27. The van der Waals surface area contributed by atoms with Crippen molar-refractivity contribution in [3.05, 3.63) is 29.8 Å². The van der Waals surface area contributed by atoms with Crippen LogP contribution in [0.1, 0.15) is 29.6 Å². The van der Waals surface area contributed by atoms with Gasteiger partial charge in [-0.1, -0.05) is 12.5 Å². The number of alkyl halides is 1. The molecule has 128 valence electrons. The van der Waals surface area contributed by atoms with Gasteiger partial charge in [-0.2, -0.15) is 4.31 Å². The number of nitrogens with zero attached hydrogens (tertiary/aromatic N) is 1. The van der Waals surface area contributed by atoms with Crippen molar-refractivity contribution in [1.82, 2.24) is 9.62 Å². The van der Waals surface area contributed by atoms with Crippen LogP contribution in [-0.4, -0.2) is 56.1 Å². The SMILES string of the molecule is O=C(NCCF)c1cccc(S(=O)(=O)N2CCCC[C@H]2CO)c1. The molecule has 1 aliphatic rings. The molecule has 1 aliphatic heterocycles. The fourth-order valence-electron chi connectivity index (χ4n) is 2.67. The average Bonchev–Trinajstić information content (AvgIpc) is 2.59. The summed E-state index contributed by atoms with van der Waals surface area (Å²) in [6, 6.07) is 5.23. The lowest BCUT2D eigenvalue weighted by Gasteiger charge is -2.33. The summed E-state index contributed by atoms with van der Waals surface area (Å²) in [6.45, 7) is -0.675. The van der Waals surface area contributed by atoms with E-state index in [0.29, 0.717) is 13.0 Å². The number of rotatable bonds is 6. The van der Waals surface area contributed by atoms with Crippen molar-refractivity contribution >= 4 is 15.9 Å². The summed E-state index contributed by atoms with van der Waals surface area (Å²) in [5, 5.41) is 11.8. The molecule has 0 aliphatic carbocycles. The van der Waals surface area contributed by atoms with Crippen molar-refractivity contribution in [1.29, 1.82) is 0 Å². The van der Waals surface area contributed by atoms with E-state index in [2.05, 4.69) is 5.32 Å². The maximum atomic E-state index is 12.8. The van der Waals surface area contributed by atoms with Gasteiger partial charge in [0.1, 0.15) is 6.67 Å². The van der Waals surface area contributed by atoms with Crippen LogP contribution in [0.25, 0.3) is 0 Å². The molecule has 1 aromatic rings. The van der Waals surface area contributed by atoms with Gasteiger partial charge in [-0.3, -0.25) is 4.79 Å². The van der Waals surface area contributed by atoms with Crippen LogP contribution < -0.4 is 5.32 Å². The number of halogens is 1. The van der Waals surface area contributed by atoms with Gasteiger partial charge in [0.05, 0.1) is 11.5 Å². The van der Waals surface area contributed by atoms with E-state index in [9.17, 15) is 22.7 Å². The van der Waals surface area contributed by atoms with Gasteiger partial charge in [-0.15, -0.1) is 0 Å². The summed E-state index contributed by atoms with van der Waals surface area (Å²) >= 11 is 0. The van der Waals surface area contributed by atoms with Crippen LogP contribution in [0.3, 0.4) is 0 Å². The molecule has 0 aromatic heterocycles. The molecule has 0 saturated carbocycles. The summed E-state index contributed by atoms with van der Waals surface area (Å²) in [6.07, 6.45) is 2.24. The van der Waals surface area contributed by atoms with E-state index < -0.39 is 28.6 Å². The Morgan fingerprint density at radius 3 is 2.87 bits per heavy atom. The van der Waals surface area contributed by atoms with Crippen LogP contribution in [-0.2, 0) is 10.0 Å². The van der Waals surface area contributed by atoms with Gasteiger partial charge in [0.25, 0.3) is 5.91 Å². The molecule has 2 N–H and O–H groups in total. The number of nitrogens with one attached hydrogen (secondary N) is 1. The number of hydrogen-bond acceptors (Lipinski definition) is 4. The highest BCUT2D eigenvalue weighted by molar-refractivity contribution is 7.89. The predicted octanol–water partition coefficient (Wildman–Crippen LogP) is 0.921. The van der Waals surface area contributed by atoms with Gasteiger partial charge < -0.3 is 10.4 Å². The number of aliphatic hydroxyl groups excluding tert-OH is 1. The first kappa shape index (κ1) is 17.8. The van der Waals surface area contributed by atoms with Gasteiger partial charge >= 0.3 is 0 Å². The largest absolute Gasteiger partial charge is 0.395 e. The van der Waals surface area contributed by atoms with Crippen LogP contribution in [0, 0.1) is 0 Å². The number of carbonyl (C=O) groups excluding carboxylic acids is 1. The highest BCUT2D eigenvalue weighted by atomic mass is 32.2. The molecular weight excluding hydrogens is 323 g/mol. The molecule has 1 heterocycles. The third-order valence-electron chi connectivity index (χ3n) is 3.87. The number of benzene rings is 1. The number of sulfonamides is 1. The number of carbonyl (C=O) groups is 1. The first-order chi connectivity index (χ1) is 11.0. The zero-order valence-corrected chi connectivity index (χ0v) is 13.6. The fourth-order valence-corrected chi connectivity index (χ4v) is 4.40. The number of amides is 1. The fraction of sp³-hybridized carbons (Fsp3) is 0.533. The van der Waals surface area contributed by atoms with E-state index in [-0.39, 0.29) is 23.6 Å². The van der Waals surface area contributed by atoms with Crippen molar-refractivity contribution in [3.63, 3.8) is 0 Å². The standard InChI is InChI=1S/C15H21FN2O4S/c16-7-8-17-15(20)12-4-3-6-14(10-12)23(21,22)18-9-2-1-5-13(18)11-19/h3-4,6,10,13,19H,1-2,5,7-9,11H2,(H,17,20)/t13-/m0/s1. The second-order valence-corrected chi connectivity index (χ2v) is 7.31. The minimum absolute atomic E-state index is 0.00532. The molecule has 1 saturated heterocycles. The normalized spacial score (nSPS) is 19.5. The van der Waals surface area contributed by atoms with Crippen molar-refractivity contribution in [2.75, 3.05) is 26.4 Å². The molecule has 1 fully saturated rings. The highest BCUT2D eigenvalue weighted by Gasteiger charge is 2.33. The molecule has 8 heteroatoms. The van der Waals surface area contributed by atoms with E-state index in [0.717, 1.165) is 12.8 Å². The number of hydrogen-bond donors (Lipinski definition) is 2. The molecule has 6 nitrogen and oxygen atoms in total. The Bertz CT molecular complexity index is 651. The molecule has 0 radical (unpaired) electrons. The van der Waals surface area contributed by atoms with E-state index in [1.165, 1.54) is 28.6 Å². The minimum atomic E-state index is -3.78. The highest BCUT2D eigenvalue weighted by Crippen LogP contribution is 2.25. The van der Waals surface area contributed by atoms with E-state index in [4.69, 9.17) is 0 Å². The number of aliphatic hydroxyl groups is 1. The molecule has 23 heavy (non-hydrogen) atoms. The third-order valence-corrected chi connectivity index (χ3v) is 5.81. The van der Waals surface area contributed by atoms with Crippen molar-refractivity contribution in [2.24, 2.45) is 0 Å². The lowest BCUT2D eigenvalue weighted by atomic mass is 10.1. The lowest BCUT2D eigenvalue weighted by Crippen LogP contribution is -2.45. The maximum absolute atomic E-state index is 12.8. The van der Waals surface area contributed by atoms with E-state index in [1.807, 2.05) is 0 Å². The molecule has 1 amide bonds. The first-order valence-electron chi connectivity index (χ1n) is 7.57. The van der Waals surface area contributed by atoms with Crippen LogP contribution in [0.5, 0.6) is 0 Å². The quantitative estimate of drug-likeness (QED) is 0.803. The second kappa shape index (κ2) is 7.85. The van der Waals surface area contributed by atoms with Crippen molar-refractivity contribution in [2.45, 2.75) is 30.2 Å². The monoisotopic (exact) mass is 344 g/mol. The smallest absolute Gasteiger partial charge is 0.251 e. The Kier molecular flexibility index (Phi) is 6.09. The Morgan fingerprint density at radius 1 is 1.39 bits per heavy atom. The van der Waals surface area contributed by atoms with Gasteiger partial charge in [0.2, 0.25) is 10.0 Å². The summed E-state index contributed by atoms with van der Waals surface area (Å²) in [7, 11) is -3.78. The molecule has 1 aromatic carbocycles. The number of piperidine rings is 1. The molecule has 0 unspecified atom stereocenters. The van der Waals surface area contributed by atoms with Crippen LogP contribution >= 0.6 is 0 Å². The molecule has 0 bridgehead atoms. The summed E-state index contributed by atoms with van der Waals surface area (Å²) in [4.78, 5) is 11.9. The Labute approximate surface area is 135 Å². The van der Waals surface area contributed by atoms with Crippen LogP contribution in [0.15, 0.2) is 29.2 Å². The predicted molar refractivity (Wildman–Crippen MR) is 83.4 cm³/mol. The zero-order valence-electron chi connectivity index (χ0n) is 12.7. The Hall–Kier alpha value is -1.51. The summed E-state index contributed by atoms with van der Waals surface area (Å²) < 4.78 is 39.0. The first-order valence-corrected chi connectivity index (χ1v) is 9.01. The molecule has 0 spiro atoms. The van der Waals surface area contributed by atoms with Gasteiger partial charge in [0.15, 0.2) is 0 Å².